The minimum atomic E-state index is -0.995. The summed E-state index contributed by atoms with van der Waals surface area (Å²) in [5, 5.41) is 23.7. The lowest BCUT2D eigenvalue weighted by molar-refractivity contribution is 0.0184. The first-order valence-corrected chi connectivity index (χ1v) is 18.1. The second kappa shape index (κ2) is 13.9. The van der Waals surface area contributed by atoms with E-state index in [1.54, 1.807) is 9.58 Å². The van der Waals surface area contributed by atoms with Gasteiger partial charge in [-0.3, -0.25) is 0 Å². The SMILES string of the molecule is CC(Oc1cccc(-c2cccc(-n3ncc(C(=O)O)c3[C@@H]3C[C@H]3c3cn(C4CCN(C(=O)OC(C)(C)C)CC4)nn3)c2)c1)C1CCCCC1. The lowest BCUT2D eigenvalue weighted by Crippen LogP contribution is -2.42. The highest BCUT2D eigenvalue weighted by atomic mass is 16.6. The molecular weight excluding hydrogens is 632 g/mol. The van der Waals surface area contributed by atoms with Crippen LogP contribution in [0.3, 0.4) is 0 Å². The summed E-state index contributed by atoms with van der Waals surface area (Å²) in [7, 11) is 0. The first kappa shape index (κ1) is 33.8. The van der Waals surface area contributed by atoms with Gasteiger partial charge < -0.3 is 19.5 Å². The number of benzene rings is 2. The summed E-state index contributed by atoms with van der Waals surface area (Å²) in [6.45, 7) is 8.99. The van der Waals surface area contributed by atoms with Crippen molar-refractivity contribution >= 4 is 12.1 Å². The lowest BCUT2D eigenvalue weighted by atomic mass is 9.86. The van der Waals surface area contributed by atoms with Gasteiger partial charge in [0.25, 0.3) is 0 Å². The van der Waals surface area contributed by atoms with Crippen LogP contribution in [-0.4, -0.2) is 71.6 Å². The van der Waals surface area contributed by atoms with Crippen LogP contribution in [0.4, 0.5) is 4.79 Å². The molecule has 1 saturated heterocycles. The second-order valence-corrected chi connectivity index (χ2v) is 15.2. The van der Waals surface area contributed by atoms with Crippen LogP contribution in [0.5, 0.6) is 5.75 Å². The van der Waals surface area contributed by atoms with Crippen molar-refractivity contribution < 1.29 is 24.2 Å². The smallest absolute Gasteiger partial charge is 0.410 e. The van der Waals surface area contributed by atoms with Crippen LogP contribution >= 0.6 is 0 Å². The van der Waals surface area contributed by atoms with Gasteiger partial charge in [0.2, 0.25) is 0 Å². The van der Waals surface area contributed by atoms with E-state index in [4.69, 9.17) is 9.47 Å². The number of rotatable bonds is 9. The average Bonchev–Trinajstić information content (AvgIpc) is 3.51. The van der Waals surface area contributed by atoms with Gasteiger partial charge in [0.05, 0.1) is 35.4 Å². The van der Waals surface area contributed by atoms with Gasteiger partial charge in [-0.1, -0.05) is 48.7 Å². The van der Waals surface area contributed by atoms with Crippen LogP contribution in [0.15, 0.2) is 60.9 Å². The standard InChI is InChI=1S/C39H48N6O5/c1-25(26-10-6-5-7-11-26)49-31-15-9-13-28(21-31)27-12-8-14-30(20-27)45-36(34(23-40-45)37(46)47)33-22-32(33)35-24-44(42-41-35)29-16-18-43(19-17-29)38(48)50-39(2,3)4/h8-9,12-15,20-21,23-26,29,32-33H,5-7,10-11,16-19,22H2,1-4H3,(H,46,47)/t25?,32-,33-/m1/s1. The van der Waals surface area contributed by atoms with E-state index >= 15 is 0 Å². The minimum Gasteiger partial charge on any atom is -0.490 e. The highest BCUT2D eigenvalue weighted by molar-refractivity contribution is 5.89. The van der Waals surface area contributed by atoms with Crippen molar-refractivity contribution in [3.63, 3.8) is 0 Å². The zero-order valence-electron chi connectivity index (χ0n) is 29.5. The van der Waals surface area contributed by atoms with Gasteiger partial charge >= 0.3 is 12.1 Å². The Kier molecular flexibility index (Phi) is 9.41. The summed E-state index contributed by atoms with van der Waals surface area (Å²) < 4.78 is 15.7. The highest BCUT2D eigenvalue weighted by Crippen LogP contribution is 2.55. The number of hydrogen-bond donors (Lipinski definition) is 1. The number of hydrogen-bond acceptors (Lipinski definition) is 7. The number of carboxylic acid groups (broad SMARTS) is 1. The molecule has 264 valence electrons. The maximum atomic E-state index is 12.5. The van der Waals surface area contributed by atoms with Gasteiger partial charge in [0.1, 0.15) is 16.9 Å². The van der Waals surface area contributed by atoms with Crippen LogP contribution in [0, 0.1) is 5.92 Å². The van der Waals surface area contributed by atoms with E-state index in [0.717, 1.165) is 47.5 Å². The Hall–Kier alpha value is -4.67. The maximum absolute atomic E-state index is 12.5. The molecule has 4 aromatic rings. The van der Waals surface area contributed by atoms with E-state index in [0.29, 0.717) is 24.7 Å². The number of nitrogens with zero attached hydrogens (tertiary/aromatic N) is 6. The Morgan fingerprint density at radius 1 is 0.940 bits per heavy atom. The molecule has 3 fully saturated rings. The molecule has 11 nitrogen and oxygen atoms in total. The molecule has 1 aliphatic heterocycles. The molecule has 1 amide bonds. The van der Waals surface area contributed by atoms with E-state index in [-0.39, 0.29) is 35.6 Å². The number of likely N-dealkylation sites (tertiary alicyclic amines) is 1. The summed E-state index contributed by atoms with van der Waals surface area (Å²) in [5.74, 6) is 0.454. The van der Waals surface area contributed by atoms with Gasteiger partial charge in [-0.15, -0.1) is 5.10 Å². The average molecular weight is 681 g/mol. The Morgan fingerprint density at radius 2 is 1.66 bits per heavy atom. The van der Waals surface area contributed by atoms with Crippen LogP contribution in [0.1, 0.15) is 119 Å². The largest absolute Gasteiger partial charge is 0.490 e. The van der Waals surface area contributed by atoms with Crippen molar-refractivity contribution in [1.82, 2.24) is 29.7 Å². The van der Waals surface area contributed by atoms with Crippen LogP contribution in [-0.2, 0) is 4.74 Å². The molecule has 0 spiro atoms. The van der Waals surface area contributed by atoms with Crippen molar-refractivity contribution in [1.29, 1.82) is 0 Å². The number of aromatic nitrogens is 5. The van der Waals surface area contributed by atoms with E-state index in [1.165, 1.54) is 38.3 Å². The second-order valence-electron chi connectivity index (χ2n) is 15.2. The molecule has 3 heterocycles. The van der Waals surface area contributed by atoms with E-state index in [2.05, 4.69) is 46.6 Å². The monoisotopic (exact) mass is 680 g/mol. The van der Waals surface area contributed by atoms with Crippen molar-refractivity contribution in [3.8, 4) is 22.6 Å². The molecule has 2 aliphatic carbocycles. The van der Waals surface area contributed by atoms with Crippen LogP contribution < -0.4 is 4.74 Å². The normalized spacial score (nSPS) is 20.8. The molecule has 2 aromatic carbocycles. The van der Waals surface area contributed by atoms with Crippen LogP contribution in [0.25, 0.3) is 16.8 Å². The van der Waals surface area contributed by atoms with Crippen molar-refractivity contribution in [3.05, 3.63) is 77.9 Å². The Balaban J connectivity index is 1.06. The molecule has 3 atom stereocenters. The fourth-order valence-electron chi connectivity index (χ4n) is 7.67. The van der Waals surface area contributed by atoms with E-state index < -0.39 is 11.6 Å². The number of carboxylic acids is 1. The molecule has 2 saturated carbocycles. The summed E-state index contributed by atoms with van der Waals surface area (Å²) in [6.07, 6.45) is 12.0. The molecule has 0 radical (unpaired) electrons. The fraction of sp³-hybridized carbons (Fsp3) is 0.513. The molecular formula is C39H48N6O5. The van der Waals surface area contributed by atoms with E-state index in [1.807, 2.05) is 55.9 Å². The summed E-state index contributed by atoms with van der Waals surface area (Å²) >= 11 is 0. The quantitative estimate of drug-likeness (QED) is 0.189. The minimum absolute atomic E-state index is 0.0438. The van der Waals surface area contributed by atoms with Gasteiger partial charge in [-0.2, -0.15) is 5.10 Å². The summed E-state index contributed by atoms with van der Waals surface area (Å²) in [6, 6.07) is 16.4. The Morgan fingerprint density at radius 3 is 2.38 bits per heavy atom. The van der Waals surface area contributed by atoms with Gasteiger partial charge in [-0.25, -0.2) is 19.0 Å². The van der Waals surface area contributed by atoms with Crippen molar-refractivity contribution in [2.24, 2.45) is 5.92 Å². The number of ether oxygens (including phenoxy) is 2. The predicted octanol–water partition coefficient (Wildman–Crippen LogP) is 8.02. The Labute approximate surface area is 293 Å². The molecule has 3 aliphatic rings. The number of aromatic carboxylic acids is 1. The number of carbonyl (C=O) groups excluding carboxylic acids is 1. The number of amides is 1. The van der Waals surface area contributed by atoms with Crippen molar-refractivity contribution in [2.45, 2.75) is 109 Å². The third-order valence-electron chi connectivity index (χ3n) is 10.5. The number of carbonyl (C=O) groups is 2. The first-order chi connectivity index (χ1) is 24.0. The van der Waals surface area contributed by atoms with Gasteiger partial charge in [-0.05, 0) is 101 Å². The zero-order valence-corrected chi connectivity index (χ0v) is 29.5. The zero-order chi connectivity index (χ0) is 35.0. The highest BCUT2D eigenvalue weighted by Gasteiger charge is 2.46. The Bertz CT molecular complexity index is 1830. The van der Waals surface area contributed by atoms with Crippen molar-refractivity contribution in [2.75, 3.05) is 13.1 Å². The number of piperidine rings is 1. The summed E-state index contributed by atoms with van der Waals surface area (Å²) in [5.41, 5.74) is 4.05. The van der Waals surface area contributed by atoms with E-state index in [9.17, 15) is 14.7 Å². The van der Waals surface area contributed by atoms with Crippen LogP contribution in [0.2, 0.25) is 0 Å². The molecule has 1 N–H and O–H groups in total. The summed E-state index contributed by atoms with van der Waals surface area (Å²) in [4.78, 5) is 26.7. The first-order valence-electron chi connectivity index (χ1n) is 18.1. The molecule has 2 aromatic heterocycles. The predicted molar refractivity (Wildman–Crippen MR) is 189 cm³/mol. The topological polar surface area (TPSA) is 125 Å². The molecule has 7 rings (SSSR count). The lowest BCUT2D eigenvalue weighted by Gasteiger charge is -2.33. The van der Waals surface area contributed by atoms with Gasteiger partial charge in [0.15, 0.2) is 0 Å². The molecule has 0 bridgehead atoms. The fourth-order valence-corrected chi connectivity index (χ4v) is 7.67. The third kappa shape index (κ3) is 7.41. The molecule has 50 heavy (non-hydrogen) atoms. The molecule has 1 unspecified atom stereocenters. The third-order valence-corrected chi connectivity index (χ3v) is 10.5. The maximum Gasteiger partial charge on any atom is 0.410 e. The molecule has 11 heteroatoms. The van der Waals surface area contributed by atoms with Gasteiger partial charge in [0, 0.05) is 31.1 Å².